The van der Waals surface area contributed by atoms with Crippen LogP contribution in [0.25, 0.3) is 11.0 Å². The first kappa shape index (κ1) is 9.85. The van der Waals surface area contributed by atoms with E-state index in [4.69, 9.17) is 0 Å². The average molecular weight is 272 g/mol. The zero-order chi connectivity index (χ0) is 8.55. The molecular formula is C6H4AgN4O2. The van der Waals surface area contributed by atoms with E-state index in [0.29, 0.717) is 15.8 Å². The quantitative estimate of drug-likeness (QED) is 0.429. The van der Waals surface area contributed by atoms with Crippen molar-refractivity contribution in [3.63, 3.8) is 0 Å². The summed E-state index contributed by atoms with van der Waals surface area (Å²) in [7, 11) is 0. The van der Waals surface area contributed by atoms with Gasteiger partial charge in [-0.05, 0) is 17.2 Å². The molecule has 1 heterocycles. The van der Waals surface area contributed by atoms with E-state index in [2.05, 4.69) is 10.3 Å². The van der Waals surface area contributed by atoms with Crippen molar-refractivity contribution >= 4 is 11.0 Å². The van der Waals surface area contributed by atoms with Gasteiger partial charge in [-0.15, -0.1) is 0 Å². The molecular weight excluding hydrogens is 268 g/mol. The van der Waals surface area contributed by atoms with E-state index in [1.54, 1.807) is 24.3 Å². The number of fused-ring (bicyclic) bond motifs is 1. The van der Waals surface area contributed by atoms with Crippen LogP contribution in [0.15, 0.2) is 24.3 Å². The maximum atomic E-state index is 10.3. The summed E-state index contributed by atoms with van der Waals surface area (Å²) in [6.07, 6.45) is 0. The first-order valence-corrected chi connectivity index (χ1v) is 3.24. The smallest absolute Gasteiger partial charge is 0.183 e. The molecule has 0 saturated heterocycles. The van der Waals surface area contributed by atoms with Gasteiger partial charge < -0.3 is 10.1 Å². The molecule has 1 aromatic carbocycles. The molecule has 0 N–H and O–H groups in total. The van der Waals surface area contributed by atoms with E-state index in [0.717, 1.165) is 0 Å². The summed E-state index contributed by atoms with van der Waals surface area (Å²) in [5.41, 5.74) is 0.928. The second-order valence-electron chi connectivity index (χ2n) is 2.21. The average Bonchev–Trinajstić information content (AvgIpc) is 2.47. The summed E-state index contributed by atoms with van der Waals surface area (Å²) in [5.74, 6) is 0. The number of nitrogens with zero attached hydrogens (tertiary/aromatic N) is 4. The normalized spacial score (nSPS) is 9.54. The van der Waals surface area contributed by atoms with Gasteiger partial charge in [0.25, 0.3) is 0 Å². The van der Waals surface area contributed by atoms with Crippen LogP contribution in [-0.4, -0.2) is 20.1 Å². The summed E-state index contributed by atoms with van der Waals surface area (Å²) in [4.78, 5) is 11.0. The van der Waals surface area contributed by atoms with Gasteiger partial charge in [-0.2, -0.15) is 0 Å². The van der Waals surface area contributed by atoms with Gasteiger partial charge in [0.1, 0.15) is 5.52 Å². The van der Waals surface area contributed by atoms with E-state index in [-0.39, 0.29) is 22.4 Å². The predicted octanol–water partition coefficient (Wildman–Crippen LogP) is 0.469. The Morgan fingerprint density at radius 2 is 2.08 bits per heavy atom. The maximum absolute atomic E-state index is 10.3. The SMILES string of the molecule is O=[N+]([O-])n1nnc2ccccc21.[Ag]. The third-order valence-corrected chi connectivity index (χ3v) is 1.49. The van der Waals surface area contributed by atoms with E-state index >= 15 is 0 Å². The van der Waals surface area contributed by atoms with Crippen LogP contribution < -0.4 is 0 Å². The van der Waals surface area contributed by atoms with E-state index < -0.39 is 5.03 Å². The van der Waals surface area contributed by atoms with Crippen molar-refractivity contribution in [3.05, 3.63) is 34.4 Å². The Balaban J connectivity index is 0.000000845. The molecule has 2 aromatic rings. The Kier molecular flexibility index (Phi) is 2.76. The van der Waals surface area contributed by atoms with E-state index in [9.17, 15) is 10.1 Å². The Hall–Kier alpha value is -1.24. The first-order valence-electron chi connectivity index (χ1n) is 3.24. The van der Waals surface area contributed by atoms with Crippen molar-refractivity contribution in [1.82, 2.24) is 15.1 Å². The molecule has 0 aliphatic rings. The number of benzene rings is 1. The number of hydrogen-bond donors (Lipinski definition) is 0. The van der Waals surface area contributed by atoms with Gasteiger partial charge in [0.15, 0.2) is 10.7 Å². The zero-order valence-electron chi connectivity index (χ0n) is 6.22. The second-order valence-corrected chi connectivity index (χ2v) is 2.21. The molecule has 0 spiro atoms. The molecule has 13 heavy (non-hydrogen) atoms. The summed E-state index contributed by atoms with van der Waals surface area (Å²) in [5, 5.41) is 16.7. The summed E-state index contributed by atoms with van der Waals surface area (Å²) in [6.45, 7) is 0. The summed E-state index contributed by atoms with van der Waals surface area (Å²) < 4.78 is 0. The summed E-state index contributed by atoms with van der Waals surface area (Å²) >= 11 is 0. The number of para-hydroxylation sites is 1. The van der Waals surface area contributed by atoms with Crippen molar-refractivity contribution in [2.24, 2.45) is 0 Å². The molecule has 0 atom stereocenters. The number of rotatable bonds is 1. The fourth-order valence-corrected chi connectivity index (χ4v) is 0.977. The molecule has 0 fully saturated rings. The molecule has 0 unspecified atom stereocenters. The topological polar surface area (TPSA) is 73.8 Å². The van der Waals surface area contributed by atoms with Crippen molar-refractivity contribution in [2.75, 3.05) is 0 Å². The van der Waals surface area contributed by atoms with Gasteiger partial charge in [-0.1, -0.05) is 12.1 Å². The van der Waals surface area contributed by atoms with Crippen molar-refractivity contribution in [3.8, 4) is 0 Å². The standard InChI is InChI=1S/C6H4N4O2.Ag/c11-10(12)9-6-4-2-1-3-5(6)7-8-9;/h1-4H;. The van der Waals surface area contributed by atoms with E-state index in [1.807, 2.05) is 0 Å². The molecule has 71 valence electrons. The molecule has 0 saturated carbocycles. The fourth-order valence-electron chi connectivity index (χ4n) is 0.977. The maximum Gasteiger partial charge on any atom is 0.183 e. The molecule has 1 aromatic heterocycles. The van der Waals surface area contributed by atoms with Crippen LogP contribution in [-0.2, 0) is 22.4 Å². The van der Waals surface area contributed by atoms with Crippen LogP contribution in [0.1, 0.15) is 0 Å². The number of hydrogen-bond acceptors (Lipinski definition) is 4. The zero-order valence-corrected chi connectivity index (χ0v) is 7.70. The van der Waals surface area contributed by atoms with Gasteiger partial charge in [-0.25, -0.2) is 0 Å². The Labute approximate surface area is 88.2 Å². The third-order valence-electron chi connectivity index (χ3n) is 1.49. The number of aromatic nitrogens is 3. The molecule has 1 radical (unpaired) electrons. The van der Waals surface area contributed by atoms with E-state index in [1.165, 1.54) is 0 Å². The monoisotopic (exact) mass is 271 g/mol. The molecule has 2 rings (SSSR count). The first-order chi connectivity index (χ1) is 5.79. The number of nitro groups is 1. The van der Waals surface area contributed by atoms with Crippen molar-refractivity contribution in [2.45, 2.75) is 0 Å². The molecule has 6 nitrogen and oxygen atoms in total. The van der Waals surface area contributed by atoms with Crippen LogP contribution in [0.4, 0.5) is 0 Å². The van der Waals surface area contributed by atoms with Crippen LogP contribution >= 0.6 is 0 Å². The van der Waals surface area contributed by atoms with Crippen LogP contribution in [0, 0.1) is 10.1 Å². The van der Waals surface area contributed by atoms with Crippen LogP contribution in [0.5, 0.6) is 0 Å². The predicted molar refractivity (Wildman–Crippen MR) is 39.9 cm³/mol. The van der Waals surface area contributed by atoms with Gasteiger partial charge in [0.05, 0.1) is 9.82 Å². The molecule has 0 amide bonds. The molecule has 0 bridgehead atoms. The minimum Gasteiger partial charge on any atom is -0.339 e. The minimum absolute atomic E-state index is 0. The minimum atomic E-state index is -0.616. The van der Waals surface area contributed by atoms with Crippen LogP contribution in [0.3, 0.4) is 0 Å². The van der Waals surface area contributed by atoms with Crippen molar-refractivity contribution < 1.29 is 27.4 Å². The summed E-state index contributed by atoms with van der Waals surface area (Å²) in [6, 6.07) is 6.72. The second kappa shape index (κ2) is 3.65. The van der Waals surface area contributed by atoms with Gasteiger partial charge in [0, 0.05) is 22.4 Å². The van der Waals surface area contributed by atoms with Gasteiger partial charge >= 0.3 is 0 Å². The van der Waals surface area contributed by atoms with Crippen molar-refractivity contribution in [1.29, 1.82) is 0 Å². The van der Waals surface area contributed by atoms with Gasteiger partial charge in [0.2, 0.25) is 0 Å². The largest absolute Gasteiger partial charge is 0.339 e. The Morgan fingerprint density at radius 3 is 2.77 bits per heavy atom. The fraction of sp³-hybridized carbons (Fsp3) is 0. The van der Waals surface area contributed by atoms with Crippen LogP contribution in [0.2, 0.25) is 0 Å². The molecule has 7 heteroatoms. The molecule has 0 aliphatic heterocycles. The molecule has 0 aliphatic carbocycles. The third kappa shape index (κ3) is 1.59. The Bertz CT molecular complexity index is 441. The van der Waals surface area contributed by atoms with Gasteiger partial charge in [-0.3, -0.25) is 0 Å². The Morgan fingerprint density at radius 1 is 1.38 bits per heavy atom.